The summed E-state index contributed by atoms with van der Waals surface area (Å²) in [6, 6.07) is 10.9. The highest BCUT2D eigenvalue weighted by molar-refractivity contribution is 7.12. The number of thiophene rings is 1. The third kappa shape index (κ3) is 4.33. The number of benzene rings is 1. The van der Waals surface area contributed by atoms with Crippen molar-refractivity contribution in [3.8, 4) is 5.75 Å². The molecule has 0 radical (unpaired) electrons. The number of anilines is 1. The normalized spacial score (nSPS) is 10.8. The van der Waals surface area contributed by atoms with Gasteiger partial charge >= 0.3 is 5.97 Å². The zero-order valence-electron chi connectivity index (χ0n) is 16.6. The summed E-state index contributed by atoms with van der Waals surface area (Å²) in [6.07, 6.45) is 0. The van der Waals surface area contributed by atoms with Crippen LogP contribution in [-0.4, -0.2) is 28.5 Å². The summed E-state index contributed by atoms with van der Waals surface area (Å²) >= 11 is 1.30. The van der Waals surface area contributed by atoms with Gasteiger partial charge in [0.2, 0.25) is 0 Å². The fourth-order valence-electron chi connectivity index (χ4n) is 2.89. The maximum Gasteiger partial charge on any atom is 0.338 e. The minimum absolute atomic E-state index is 0.197. The van der Waals surface area contributed by atoms with E-state index >= 15 is 0 Å². The minimum atomic E-state index is -0.639. The van der Waals surface area contributed by atoms with Gasteiger partial charge in [-0.15, -0.1) is 15.9 Å². The van der Waals surface area contributed by atoms with Crippen LogP contribution in [0.25, 0.3) is 5.65 Å². The van der Waals surface area contributed by atoms with E-state index in [-0.39, 0.29) is 18.1 Å². The fraction of sp³-hybridized carbons (Fsp3) is 0.143. The Kier molecular flexibility index (Phi) is 5.54. The maximum absolute atomic E-state index is 12.5. The quantitative estimate of drug-likeness (QED) is 0.459. The van der Waals surface area contributed by atoms with Gasteiger partial charge in [0, 0.05) is 12.1 Å². The first kappa shape index (κ1) is 20.4. The van der Waals surface area contributed by atoms with E-state index in [1.54, 1.807) is 36.6 Å². The third-order valence-electron chi connectivity index (χ3n) is 4.30. The first-order valence-electron chi connectivity index (χ1n) is 9.14. The number of nitrogens with one attached hydrogen (secondary N) is 1. The van der Waals surface area contributed by atoms with E-state index in [0.29, 0.717) is 33.4 Å². The lowest BCUT2D eigenvalue weighted by Crippen LogP contribution is -2.15. The summed E-state index contributed by atoms with van der Waals surface area (Å²) in [7, 11) is 1.46. The van der Waals surface area contributed by atoms with Crippen molar-refractivity contribution in [1.82, 2.24) is 9.56 Å². The topological polar surface area (TPSA) is 112 Å². The second kappa shape index (κ2) is 8.44. The van der Waals surface area contributed by atoms with Gasteiger partial charge in [0.1, 0.15) is 18.1 Å². The summed E-state index contributed by atoms with van der Waals surface area (Å²) in [6.45, 7) is 1.50. The van der Waals surface area contributed by atoms with Gasteiger partial charge in [0.15, 0.2) is 5.65 Å². The van der Waals surface area contributed by atoms with Crippen molar-refractivity contribution in [2.75, 3.05) is 12.4 Å². The van der Waals surface area contributed by atoms with Crippen molar-refractivity contribution in [2.24, 2.45) is 0 Å². The highest BCUT2D eigenvalue weighted by Gasteiger charge is 2.16. The number of esters is 1. The Morgan fingerprint density at radius 3 is 2.81 bits per heavy atom. The first-order valence-corrected chi connectivity index (χ1v) is 10.0. The number of aryl methyl sites for hydroxylation is 1. The molecule has 4 aromatic rings. The number of ether oxygens (including phenoxy) is 2. The van der Waals surface area contributed by atoms with Gasteiger partial charge in [-0.3, -0.25) is 9.59 Å². The summed E-state index contributed by atoms with van der Waals surface area (Å²) in [4.78, 5) is 41.7. The molecule has 0 bridgehead atoms. The van der Waals surface area contributed by atoms with Gasteiger partial charge < -0.3 is 19.3 Å². The molecule has 0 saturated carbocycles. The van der Waals surface area contributed by atoms with Crippen molar-refractivity contribution in [3.63, 3.8) is 0 Å². The SMILES string of the molecule is COc1ccc(C(=O)OCc2cc(=O)n3oc(C)cc3n2)cc1NC(=O)c1cccs1. The smallest absolute Gasteiger partial charge is 0.338 e. The standard InChI is InChI=1S/C21H17N3O6S/c1-12-8-18-22-14(10-19(25)24(18)30-12)11-29-21(27)13-5-6-16(28-2)15(9-13)23-20(26)17-4-3-7-31-17/h3-10H,11H2,1-2H3,(H,23,26). The van der Waals surface area contributed by atoms with E-state index in [9.17, 15) is 14.4 Å². The lowest BCUT2D eigenvalue weighted by molar-refractivity contribution is 0.0467. The molecule has 0 atom stereocenters. The predicted octanol–water partition coefficient (Wildman–Crippen LogP) is 3.28. The predicted molar refractivity (Wildman–Crippen MR) is 113 cm³/mol. The molecule has 31 heavy (non-hydrogen) atoms. The lowest BCUT2D eigenvalue weighted by atomic mass is 10.2. The molecule has 10 heteroatoms. The van der Waals surface area contributed by atoms with Crippen LogP contribution < -0.4 is 15.6 Å². The Morgan fingerprint density at radius 2 is 2.06 bits per heavy atom. The van der Waals surface area contributed by atoms with Crippen molar-refractivity contribution in [2.45, 2.75) is 13.5 Å². The number of amides is 1. The van der Waals surface area contributed by atoms with Crippen LogP contribution >= 0.6 is 11.3 Å². The zero-order chi connectivity index (χ0) is 22.0. The summed E-state index contributed by atoms with van der Waals surface area (Å²) in [5.74, 6) is -0.0159. The fourth-order valence-corrected chi connectivity index (χ4v) is 3.51. The van der Waals surface area contributed by atoms with Crippen LogP contribution in [0.4, 0.5) is 5.69 Å². The summed E-state index contributed by atoms with van der Waals surface area (Å²) in [5, 5.41) is 4.53. The van der Waals surface area contributed by atoms with Crippen LogP contribution in [0.15, 0.2) is 57.2 Å². The van der Waals surface area contributed by atoms with Gasteiger partial charge in [-0.25, -0.2) is 9.78 Å². The van der Waals surface area contributed by atoms with Gasteiger partial charge in [0.05, 0.1) is 28.9 Å². The number of nitrogens with zero attached hydrogens (tertiary/aromatic N) is 2. The lowest BCUT2D eigenvalue weighted by Gasteiger charge is -2.11. The number of carbonyl (C=O) groups is 2. The monoisotopic (exact) mass is 439 g/mol. The van der Waals surface area contributed by atoms with Gasteiger partial charge in [-0.2, -0.15) is 0 Å². The average molecular weight is 439 g/mol. The van der Waals surface area contributed by atoms with Crippen molar-refractivity contribution < 1.29 is 23.6 Å². The molecule has 0 fully saturated rings. The largest absolute Gasteiger partial charge is 0.495 e. The number of aromatic nitrogens is 2. The Labute approximate surface area is 179 Å². The summed E-state index contributed by atoms with van der Waals surface area (Å²) < 4.78 is 16.9. The second-order valence-corrected chi connectivity index (χ2v) is 7.45. The number of carbonyl (C=O) groups excluding carboxylic acids is 2. The maximum atomic E-state index is 12.5. The number of hydrogen-bond donors (Lipinski definition) is 1. The van der Waals surface area contributed by atoms with E-state index in [4.69, 9.17) is 14.0 Å². The Balaban J connectivity index is 1.50. The molecule has 9 nitrogen and oxygen atoms in total. The third-order valence-corrected chi connectivity index (χ3v) is 5.17. The Morgan fingerprint density at radius 1 is 1.23 bits per heavy atom. The van der Waals surface area contributed by atoms with E-state index in [0.717, 1.165) is 4.57 Å². The molecule has 0 aliphatic heterocycles. The van der Waals surface area contributed by atoms with Crippen LogP contribution in [0.3, 0.4) is 0 Å². The molecule has 1 amide bonds. The average Bonchev–Trinajstić information content (AvgIpc) is 3.41. The second-order valence-electron chi connectivity index (χ2n) is 6.51. The van der Waals surface area contributed by atoms with Crippen molar-refractivity contribution in [3.05, 3.63) is 80.1 Å². The number of methoxy groups -OCH3 is 1. The van der Waals surface area contributed by atoms with Crippen LogP contribution in [0.5, 0.6) is 5.75 Å². The molecular formula is C21H17N3O6S. The molecule has 1 N–H and O–H groups in total. The highest BCUT2D eigenvalue weighted by atomic mass is 32.1. The van der Waals surface area contributed by atoms with Crippen LogP contribution in [-0.2, 0) is 11.3 Å². The molecule has 4 rings (SSSR count). The molecule has 0 aliphatic carbocycles. The van der Waals surface area contributed by atoms with E-state index in [2.05, 4.69) is 10.3 Å². The molecule has 0 spiro atoms. The zero-order valence-corrected chi connectivity index (χ0v) is 17.4. The van der Waals surface area contributed by atoms with E-state index < -0.39 is 11.5 Å². The van der Waals surface area contributed by atoms with Crippen LogP contribution in [0.1, 0.15) is 31.5 Å². The van der Waals surface area contributed by atoms with Crippen LogP contribution in [0.2, 0.25) is 0 Å². The molecule has 0 unspecified atom stereocenters. The number of fused-ring (bicyclic) bond motifs is 1. The molecule has 0 saturated heterocycles. The molecule has 158 valence electrons. The molecule has 1 aromatic carbocycles. The molecular weight excluding hydrogens is 422 g/mol. The van der Waals surface area contributed by atoms with Crippen molar-refractivity contribution in [1.29, 1.82) is 0 Å². The number of hydrogen-bond acceptors (Lipinski definition) is 8. The number of rotatable bonds is 6. The Bertz CT molecular complexity index is 1320. The van der Waals surface area contributed by atoms with E-state index in [1.165, 1.54) is 36.6 Å². The van der Waals surface area contributed by atoms with Gasteiger partial charge in [-0.1, -0.05) is 6.07 Å². The van der Waals surface area contributed by atoms with Gasteiger partial charge in [0.25, 0.3) is 11.5 Å². The Hall–Kier alpha value is -3.92. The molecule has 3 aromatic heterocycles. The van der Waals surface area contributed by atoms with Crippen LogP contribution in [0, 0.1) is 6.92 Å². The first-order chi connectivity index (χ1) is 14.9. The van der Waals surface area contributed by atoms with Crippen molar-refractivity contribution >= 4 is 34.5 Å². The molecule has 0 aliphatic rings. The minimum Gasteiger partial charge on any atom is -0.495 e. The highest BCUT2D eigenvalue weighted by Crippen LogP contribution is 2.27. The van der Waals surface area contributed by atoms with Gasteiger partial charge in [-0.05, 0) is 36.6 Å². The van der Waals surface area contributed by atoms with E-state index in [1.807, 2.05) is 0 Å². The molecule has 3 heterocycles. The summed E-state index contributed by atoms with van der Waals surface area (Å²) in [5.41, 5.74) is 0.756.